The van der Waals surface area contributed by atoms with Crippen LogP contribution >= 0.6 is 11.3 Å². The summed E-state index contributed by atoms with van der Waals surface area (Å²) in [6.45, 7) is 3.63. The molecule has 144 valence electrons. The van der Waals surface area contributed by atoms with Gasteiger partial charge in [0.25, 0.3) is 0 Å². The fourth-order valence-corrected chi connectivity index (χ4v) is 4.75. The zero-order valence-electron chi connectivity index (χ0n) is 15.9. The van der Waals surface area contributed by atoms with Crippen molar-refractivity contribution in [2.24, 2.45) is 4.99 Å². The number of hydrogen-bond donors (Lipinski definition) is 2. The van der Waals surface area contributed by atoms with Crippen molar-refractivity contribution in [3.8, 4) is 16.2 Å². The van der Waals surface area contributed by atoms with Gasteiger partial charge in [-0.2, -0.15) is 0 Å². The lowest BCUT2D eigenvalue weighted by molar-refractivity contribution is 0.0992. The molecule has 3 unspecified atom stereocenters. The second-order valence-corrected chi connectivity index (χ2v) is 8.22. The Hall–Kier alpha value is -2.05. The molecule has 2 aliphatic heterocycles. The van der Waals surface area contributed by atoms with Gasteiger partial charge in [-0.25, -0.2) is 4.99 Å². The summed E-state index contributed by atoms with van der Waals surface area (Å²) in [5.41, 5.74) is 1.21. The Balaban J connectivity index is 1.40. The highest BCUT2D eigenvalue weighted by molar-refractivity contribution is 7.15. The maximum absolute atomic E-state index is 5.94. The van der Waals surface area contributed by atoms with E-state index in [2.05, 4.69) is 41.8 Å². The molecule has 1 aromatic carbocycles. The largest absolute Gasteiger partial charge is 0.497 e. The van der Waals surface area contributed by atoms with E-state index in [0.717, 1.165) is 31.1 Å². The van der Waals surface area contributed by atoms with E-state index >= 15 is 0 Å². The van der Waals surface area contributed by atoms with Crippen LogP contribution < -0.4 is 15.4 Å². The molecule has 0 spiro atoms. The number of fused-ring (bicyclic) bond motifs is 2. The summed E-state index contributed by atoms with van der Waals surface area (Å²) in [4.78, 5) is 7.30. The number of methoxy groups -OCH3 is 1. The van der Waals surface area contributed by atoms with Crippen LogP contribution in [0.2, 0.25) is 0 Å². The predicted octanol–water partition coefficient (Wildman–Crippen LogP) is 3.80. The number of thiophene rings is 1. The van der Waals surface area contributed by atoms with Crippen molar-refractivity contribution in [1.82, 2.24) is 10.6 Å². The first-order chi connectivity index (χ1) is 13.2. The molecule has 2 fully saturated rings. The standard InChI is InChI=1S/C21H27N3O2S/c1-3-22-21(24-18-12-16-8-10-19(18)26-16)23-13-17-9-11-20(27-17)14-4-6-15(25-2)7-5-14/h4-7,9,11,16,18-19H,3,8,10,12-13H2,1-2H3,(H2,22,23,24). The van der Waals surface area contributed by atoms with Crippen molar-refractivity contribution in [1.29, 1.82) is 0 Å². The lowest BCUT2D eigenvalue weighted by Crippen LogP contribution is -2.47. The molecule has 3 atom stereocenters. The topological polar surface area (TPSA) is 54.9 Å². The van der Waals surface area contributed by atoms with E-state index in [1.807, 2.05) is 12.1 Å². The minimum atomic E-state index is 0.349. The first kappa shape index (κ1) is 18.3. The van der Waals surface area contributed by atoms with Crippen LogP contribution in [0.15, 0.2) is 41.4 Å². The van der Waals surface area contributed by atoms with Crippen LogP contribution in [0.1, 0.15) is 31.1 Å². The van der Waals surface area contributed by atoms with Crippen LogP contribution in [-0.2, 0) is 11.3 Å². The van der Waals surface area contributed by atoms with Gasteiger partial charge in [0.1, 0.15) is 5.75 Å². The van der Waals surface area contributed by atoms with Gasteiger partial charge in [-0.15, -0.1) is 11.3 Å². The summed E-state index contributed by atoms with van der Waals surface area (Å²) < 4.78 is 11.2. The lowest BCUT2D eigenvalue weighted by atomic mass is 9.96. The van der Waals surface area contributed by atoms with Crippen LogP contribution in [-0.4, -0.2) is 37.9 Å². The number of aliphatic imine (C=N–C) groups is 1. The molecule has 0 amide bonds. The molecule has 2 saturated heterocycles. The smallest absolute Gasteiger partial charge is 0.191 e. The molecule has 0 radical (unpaired) electrons. The van der Waals surface area contributed by atoms with Crippen molar-refractivity contribution in [3.63, 3.8) is 0 Å². The number of nitrogens with one attached hydrogen (secondary N) is 2. The molecule has 0 aliphatic carbocycles. The van der Waals surface area contributed by atoms with Crippen LogP contribution in [0.4, 0.5) is 0 Å². The number of guanidine groups is 1. The van der Waals surface area contributed by atoms with Crippen LogP contribution in [0.3, 0.4) is 0 Å². The number of benzene rings is 1. The molecule has 0 saturated carbocycles. The van der Waals surface area contributed by atoms with E-state index in [1.54, 1.807) is 18.4 Å². The van der Waals surface area contributed by atoms with E-state index in [9.17, 15) is 0 Å². The zero-order valence-corrected chi connectivity index (χ0v) is 16.7. The third-order valence-corrected chi connectivity index (χ3v) is 6.32. The molecule has 5 nitrogen and oxygen atoms in total. The zero-order chi connectivity index (χ0) is 18.6. The highest BCUT2D eigenvalue weighted by atomic mass is 32.1. The van der Waals surface area contributed by atoms with E-state index in [4.69, 9.17) is 14.5 Å². The first-order valence-corrected chi connectivity index (χ1v) is 10.5. The molecular formula is C21H27N3O2S. The fraction of sp³-hybridized carbons (Fsp3) is 0.476. The Morgan fingerprint density at radius 3 is 2.74 bits per heavy atom. The summed E-state index contributed by atoms with van der Waals surface area (Å²) in [6.07, 6.45) is 4.26. The van der Waals surface area contributed by atoms with Crippen molar-refractivity contribution in [2.75, 3.05) is 13.7 Å². The van der Waals surface area contributed by atoms with Gasteiger partial charge in [0, 0.05) is 16.3 Å². The predicted molar refractivity (Wildman–Crippen MR) is 111 cm³/mol. The molecule has 6 heteroatoms. The van der Waals surface area contributed by atoms with Gasteiger partial charge in [-0.05, 0) is 68.1 Å². The van der Waals surface area contributed by atoms with Crippen LogP contribution in [0.25, 0.3) is 10.4 Å². The van der Waals surface area contributed by atoms with Crippen molar-refractivity contribution < 1.29 is 9.47 Å². The second-order valence-electron chi connectivity index (χ2n) is 7.05. The normalized spacial score (nSPS) is 24.2. The average Bonchev–Trinajstić information content (AvgIpc) is 3.43. The van der Waals surface area contributed by atoms with Crippen molar-refractivity contribution >= 4 is 17.3 Å². The minimum Gasteiger partial charge on any atom is -0.497 e. The summed E-state index contributed by atoms with van der Waals surface area (Å²) in [6, 6.07) is 12.9. The number of hydrogen-bond acceptors (Lipinski definition) is 4. The monoisotopic (exact) mass is 385 g/mol. The molecule has 2 bridgehead atoms. The number of rotatable bonds is 6. The molecule has 1 aromatic heterocycles. The van der Waals surface area contributed by atoms with Gasteiger partial charge in [0.05, 0.1) is 31.9 Å². The Morgan fingerprint density at radius 1 is 1.22 bits per heavy atom. The van der Waals surface area contributed by atoms with E-state index in [0.29, 0.717) is 24.8 Å². The highest BCUT2D eigenvalue weighted by Gasteiger charge is 2.41. The van der Waals surface area contributed by atoms with Gasteiger partial charge < -0.3 is 20.1 Å². The molecule has 2 aromatic rings. The quantitative estimate of drug-likeness (QED) is 0.587. The van der Waals surface area contributed by atoms with Gasteiger partial charge in [0.2, 0.25) is 0 Å². The molecule has 4 rings (SSSR count). The maximum Gasteiger partial charge on any atom is 0.191 e. The van der Waals surface area contributed by atoms with E-state index in [1.165, 1.54) is 21.7 Å². The van der Waals surface area contributed by atoms with Crippen LogP contribution in [0, 0.1) is 0 Å². The highest BCUT2D eigenvalue weighted by Crippen LogP contribution is 2.34. The molecule has 27 heavy (non-hydrogen) atoms. The summed E-state index contributed by atoms with van der Waals surface area (Å²) >= 11 is 1.79. The first-order valence-electron chi connectivity index (χ1n) is 9.68. The third kappa shape index (κ3) is 4.28. The molecular weight excluding hydrogens is 358 g/mol. The number of ether oxygens (including phenoxy) is 2. The Labute approximate surface area is 164 Å². The maximum atomic E-state index is 5.94. The summed E-state index contributed by atoms with van der Waals surface area (Å²) in [5.74, 6) is 1.77. The summed E-state index contributed by atoms with van der Waals surface area (Å²) in [7, 11) is 1.69. The van der Waals surface area contributed by atoms with Crippen LogP contribution in [0.5, 0.6) is 5.75 Å². The SMILES string of the molecule is CCNC(=NCc1ccc(-c2ccc(OC)cc2)s1)NC1CC2CCC1O2. The number of nitrogens with zero attached hydrogens (tertiary/aromatic N) is 1. The van der Waals surface area contributed by atoms with Gasteiger partial charge in [0.15, 0.2) is 5.96 Å². The van der Waals surface area contributed by atoms with Gasteiger partial charge >= 0.3 is 0 Å². The summed E-state index contributed by atoms with van der Waals surface area (Å²) in [5, 5.41) is 6.94. The molecule has 2 N–H and O–H groups in total. The molecule has 2 aliphatic rings. The van der Waals surface area contributed by atoms with Crippen molar-refractivity contribution in [2.45, 2.75) is 51.0 Å². The molecule has 3 heterocycles. The lowest BCUT2D eigenvalue weighted by Gasteiger charge is -2.22. The van der Waals surface area contributed by atoms with Gasteiger partial charge in [-0.3, -0.25) is 0 Å². The Kier molecular flexibility index (Phi) is 5.64. The third-order valence-electron chi connectivity index (χ3n) is 5.20. The van der Waals surface area contributed by atoms with Crippen molar-refractivity contribution in [3.05, 3.63) is 41.3 Å². The van der Waals surface area contributed by atoms with E-state index < -0.39 is 0 Å². The minimum absolute atomic E-state index is 0.349. The average molecular weight is 386 g/mol. The Bertz CT molecular complexity index is 787. The second kappa shape index (κ2) is 8.31. The Morgan fingerprint density at radius 2 is 2.07 bits per heavy atom. The fourth-order valence-electron chi connectivity index (χ4n) is 3.82. The van der Waals surface area contributed by atoms with E-state index in [-0.39, 0.29) is 0 Å². The van der Waals surface area contributed by atoms with Gasteiger partial charge in [-0.1, -0.05) is 0 Å².